The molecule has 1 rings (SSSR count). The molecule has 16 heavy (non-hydrogen) atoms. The lowest BCUT2D eigenvalue weighted by atomic mass is 10.1. The van der Waals surface area contributed by atoms with Crippen molar-refractivity contribution >= 4 is 11.8 Å². The molecule has 1 aliphatic rings. The normalized spacial score (nSPS) is 26.2. The van der Waals surface area contributed by atoms with E-state index in [-0.39, 0.29) is 0 Å². The van der Waals surface area contributed by atoms with Gasteiger partial charge in [0, 0.05) is 11.3 Å². The minimum Gasteiger partial charge on any atom is -0.313 e. The smallest absolute Gasteiger partial charge is 0.0184 e. The highest BCUT2D eigenvalue weighted by atomic mass is 32.2. The number of thioether (sulfide) groups is 1. The number of nitrogens with one attached hydrogen (secondary N) is 1. The van der Waals surface area contributed by atoms with Gasteiger partial charge in [0.15, 0.2) is 0 Å². The highest BCUT2D eigenvalue weighted by Gasteiger charge is 2.20. The molecular weight excluding hydrogens is 216 g/mol. The molecule has 2 unspecified atom stereocenters. The minimum absolute atomic E-state index is 0.760. The topological polar surface area (TPSA) is 15.3 Å². The van der Waals surface area contributed by atoms with Gasteiger partial charge >= 0.3 is 0 Å². The van der Waals surface area contributed by atoms with E-state index < -0.39 is 0 Å². The molecule has 0 radical (unpaired) electrons. The predicted octanol–water partition coefficient (Wildman–Crippen LogP) is 2.59. The summed E-state index contributed by atoms with van der Waals surface area (Å²) in [5.74, 6) is 1.36. The van der Waals surface area contributed by atoms with Crippen molar-refractivity contribution < 1.29 is 0 Å². The van der Waals surface area contributed by atoms with E-state index >= 15 is 0 Å². The highest BCUT2D eigenvalue weighted by molar-refractivity contribution is 7.99. The Balaban J connectivity index is 2.05. The summed E-state index contributed by atoms with van der Waals surface area (Å²) in [5, 5.41) is 4.53. The first kappa shape index (κ1) is 14.3. The zero-order valence-electron chi connectivity index (χ0n) is 11.2. The van der Waals surface area contributed by atoms with Gasteiger partial charge in [0.05, 0.1) is 0 Å². The lowest BCUT2D eigenvalue weighted by molar-refractivity contribution is 0.294. The lowest BCUT2D eigenvalue weighted by Crippen LogP contribution is -2.40. The summed E-state index contributed by atoms with van der Waals surface area (Å²) in [7, 11) is 0. The molecule has 0 saturated carbocycles. The van der Waals surface area contributed by atoms with Crippen LogP contribution in [0.4, 0.5) is 0 Å². The average Bonchev–Trinajstić information content (AvgIpc) is 2.31. The van der Waals surface area contributed by atoms with E-state index in [4.69, 9.17) is 0 Å². The molecule has 1 N–H and O–H groups in total. The maximum atomic E-state index is 3.73. The van der Waals surface area contributed by atoms with Gasteiger partial charge in [0.1, 0.15) is 0 Å². The summed E-state index contributed by atoms with van der Waals surface area (Å²) in [6.45, 7) is 11.7. The Hall–Kier alpha value is 0.270. The fourth-order valence-electron chi connectivity index (χ4n) is 2.32. The third kappa shape index (κ3) is 5.07. The molecular formula is C13H28N2S. The second-order valence-electron chi connectivity index (χ2n) is 4.66. The molecule has 0 bridgehead atoms. The van der Waals surface area contributed by atoms with Crippen LogP contribution < -0.4 is 5.32 Å². The first-order valence-electron chi connectivity index (χ1n) is 6.85. The van der Waals surface area contributed by atoms with Crippen LogP contribution >= 0.6 is 11.8 Å². The summed E-state index contributed by atoms with van der Waals surface area (Å²) in [6.07, 6.45) is 4.05. The predicted molar refractivity (Wildman–Crippen MR) is 75.3 cm³/mol. The molecule has 0 amide bonds. The average molecular weight is 244 g/mol. The molecule has 1 heterocycles. The van der Waals surface area contributed by atoms with Crippen molar-refractivity contribution in [2.75, 3.05) is 31.9 Å². The molecule has 0 aromatic carbocycles. The van der Waals surface area contributed by atoms with Crippen LogP contribution in [-0.4, -0.2) is 48.1 Å². The molecule has 1 aliphatic heterocycles. The van der Waals surface area contributed by atoms with Crippen LogP contribution in [-0.2, 0) is 0 Å². The maximum Gasteiger partial charge on any atom is 0.0184 e. The molecule has 0 aliphatic carbocycles. The molecule has 2 atom stereocenters. The fraction of sp³-hybridized carbons (Fsp3) is 1.00. The van der Waals surface area contributed by atoms with Gasteiger partial charge in [-0.15, -0.1) is 0 Å². The quantitative estimate of drug-likeness (QED) is 0.693. The van der Waals surface area contributed by atoms with E-state index in [0.29, 0.717) is 0 Å². The van der Waals surface area contributed by atoms with Gasteiger partial charge in [-0.1, -0.05) is 20.8 Å². The molecule has 3 heteroatoms. The van der Waals surface area contributed by atoms with Crippen LogP contribution in [0.25, 0.3) is 0 Å². The van der Waals surface area contributed by atoms with Gasteiger partial charge < -0.3 is 10.2 Å². The third-order valence-corrected chi connectivity index (χ3v) is 4.94. The Labute approximate surface area is 106 Å². The molecule has 1 fully saturated rings. The number of hydrogen-bond donors (Lipinski definition) is 1. The standard InChI is InChI=1S/C13H28N2S/c1-4-15(5-2)10-7-9-14-13-8-6-11-16-12(13)3/h12-14H,4-11H2,1-3H3. The summed E-state index contributed by atoms with van der Waals surface area (Å²) in [4.78, 5) is 2.50. The van der Waals surface area contributed by atoms with E-state index in [9.17, 15) is 0 Å². The number of rotatable bonds is 7. The zero-order valence-corrected chi connectivity index (χ0v) is 12.0. The zero-order chi connectivity index (χ0) is 11.8. The van der Waals surface area contributed by atoms with Gasteiger partial charge in [-0.2, -0.15) is 11.8 Å². The van der Waals surface area contributed by atoms with Crippen molar-refractivity contribution in [3.05, 3.63) is 0 Å². The van der Waals surface area contributed by atoms with E-state index in [2.05, 4.69) is 42.7 Å². The van der Waals surface area contributed by atoms with Crippen LogP contribution in [0.5, 0.6) is 0 Å². The van der Waals surface area contributed by atoms with E-state index in [1.165, 1.54) is 51.2 Å². The Morgan fingerprint density at radius 2 is 2.06 bits per heavy atom. The van der Waals surface area contributed by atoms with E-state index in [1.54, 1.807) is 0 Å². The summed E-state index contributed by atoms with van der Waals surface area (Å²) in [6, 6.07) is 0.760. The van der Waals surface area contributed by atoms with Crippen molar-refractivity contribution in [1.82, 2.24) is 10.2 Å². The molecule has 1 saturated heterocycles. The third-order valence-electron chi connectivity index (χ3n) is 3.56. The summed E-state index contributed by atoms with van der Waals surface area (Å²) in [5.41, 5.74) is 0. The second kappa shape index (κ2) is 8.37. The SMILES string of the molecule is CCN(CC)CCCNC1CCCSC1C. The van der Waals surface area contributed by atoms with Crippen LogP contribution in [0, 0.1) is 0 Å². The number of hydrogen-bond acceptors (Lipinski definition) is 3. The molecule has 2 nitrogen and oxygen atoms in total. The highest BCUT2D eigenvalue weighted by Crippen LogP contribution is 2.24. The molecule has 0 aromatic rings. The number of nitrogens with zero attached hydrogens (tertiary/aromatic N) is 1. The van der Waals surface area contributed by atoms with Gasteiger partial charge in [-0.3, -0.25) is 0 Å². The Morgan fingerprint density at radius 1 is 1.31 bits per heavy atom. The van der Waals surface area contributed by atoms with Crippen LogP contribution in [0.15, 0.2) is 0 Å². The van der Waals surface area contributed by atoms with Gasteiger partial charge in [-0.25, -0.2) is 0 Å². The van der Waals surface area contributed by atoms with E-state index in [0.717, 1.165) is 11.3 Å². The van der Waals surface area contributed by atoms with Gasteiger partial charge in [0.25, 0.3) is 0 Å². The van der Waals surface area contributed by atoms with Crippen molar-refractivity contribution in [2.45, 2.75) is 51.3 Å². The maximum absolute atomic E-state index is 3.73. The van der Waals surface area contributed by atoms with Gasteiger partial charge in [-0.05, 0) is 51.2 Å². The largest absolute Gasteiger partial charge is 0.313 e. The van der Waals surface area contributed by atoms with Crippen molar-refractivity contribution in [1.29, 1.82) is 0 Å². The van der Waals surface area contributed by atoms with Crippen molar-refractivity contribution in [2.24, 2.45) is 0 Å². The molecule has 96 valence electrons. The Morgan fingerprint density at radius 3 is 2.69 bits per heavy atom. The Bertz CT molecular complexity index is 171. The van der Waals surface area contributed by atoms with Crippen LogP contribution in [0.2, 0.25) is 0 Å². The second-order valence-corrected chi connectivity index (χ2v) is 6.14. The first-order valence-corrected chi connectivity index (χ1v) is 7.90. The summed E-state index contributed by atoms with van der Waals surface area (Å²) >= 11 is 2.13. The van der Waals surface area contributed by atoms with Gasteiger partial charge in [0.2, 0.25) is 0 Å². The Kier molecular flexibility index (Phi) is 7.50. The van der Waals surface area contributed by atoms with Crippen molar-refractivity contribution in [3.8, 4) is 0 Å². The van der Waals surface area contributed by atoms with E-state index in [1.807, 2.05) is 0 Å². The van der Waals surface area contributed by atoms with Crippen LogP contribution in [0.3, 0.4) is 0 Å². The lowest BCUT2D eigenvalue weighted by Gasteiger charge is -2.29. The molecule has 0 aromatic heterocycles. The minimum atomic E-state index is 0.760. The first-order chi connectivity index (χ1) is 7.77. The monoisotopic (exact) mass is 244 g/mol. The molecule has 0 spiro atoms. The van der Waals surface area contributed by atoms with Crippen molar-refractivity contribution in [3.63, 3.8) is 0 Å². The summed E-state index contributed by atoms with van der Waals surface area (Å²) < 4.78 is 0. The fourth-order valence-corrected chi connectivity index (χ4v) is 3.49. The van der Waals surface area contributed by atoms with Crippen LogP contribution in [0.1, 0.15) is 40.0 Å².